The average molecular weight is 315 g/mol. The quantitative estimate of drug-likeness (QED) is 0.590. The van der Waals surface area contributed by atoms with Crippen LogP contribution < -0.4 is 4.72 Å². The number of sulfone groups is 1. The number of aliphatic carboxylic acids is 1. The highest BCUT2D eigenvalue weighted by atomic mass is 32.2. The molecule has 0 amide bonds. The molecule has 2 unspecified atom stereocenters. The SMILES string of the molecule is CS(=O)(=O)CCS(=O)(=O)NCC1CCC(C(=O)O)O1. The Kier molecular flexibility index (Phi) is 5.30. The molecule has 1 aliphatic heterocycles. The minimum atomic E-state index is -3.70. The molecule has 1 saturated heterocycles. The number of rotatable bonds is 7. The second-order valence-electron chi connectivity index (χ2n) is 4.46. The smallest absolute Gasteiger partial charge is 0.332 e. The number of hydrogen-bond donors (Lipinski definition) is 2. The molecule has 19 heavy (non-hydrogen) atoms. The Hall–Kier alpha value is -0.710. The number of carboxylic acid groups (broad SMARTS) is 1. The molecular formula is C9H17NO7S2. The molecule has 2 atom stereocenters. The van der Waals surface area contributed by atoms with E-state index in [-0.39, 0.29) is 6.54 Å². The van der Waals surface area contributed by atoms with E-state index in [1.165, 1.54) is 0 Å². The zero-order valence-corrected chi connectivity index (χ0v) is 12.0. The molecule has 1 rings (SSSR count). The Labute approximate surface area is 112 Å². The molecule has 0 spiro atoms. The summed E-state index contributed by atoms with van der Waals surface area (Å²) in [6.45, 7) is -0.0458. The Morgan fingerprint density at radius 2 is 1.89 bits per heavy atom. The van der Waals surface area contributed by atoms with Crippen molar-refractivity contribution < 1.29 is 31.5 Å². The maximum Gasteiger partial charge on any atom is 0.332 e. The highest BCUT2D eigenvalue weighted by molar-refractivity contribution is 7.93. The molecule has 1 heterocycles. The lowest BCUT2D eigenvalue weighted by molar-refractivity contribution is -0.149. The van der Waals surface area contributed by atoms with E-state index >= 15 is 0 Å². The second-order valence-corrected chi connectivity index (χ2v) is 8.65. The zero-order chi connectivity index (χ0) is 14.7. The van der Waals surface area contributed by atoms with Gasteiger partial charge in [0, 0.05) is 12.8 Å². The van der Waals surface area contributed by atoms with Crippen LogP contribution in [0.4, 0.5) is 0 Å². The fraction of sp³-hybridized carbons (Fsp3) is 0.889. The van der Waals surface area contributed by atoms with Crippen molar-refractivity contribution in [2.75, 3.05) is 24.3 Å². The molecule has 0 aliphatic carbocycles. The van der Waals surface area contributed by atoms with Crippen LogP contribution in [0.15, 0.2) is 0 Å². The Morgan fingerprint density at radius 1 is 1.26 bits per heavy atom. The Morgan fingerprint density at radius 3 is 2.37 bits per heavy atom. The van der Waals surface area contributed by atoms with E-state index in [1.54, 1.807) is 0 Å². The molecule has 0 saturated carbocycles. The molecular weight excluding hydrogens is 298 g/mol. The van der Waals surface area contributed by atoms with Crippen molar-refractivity contribution in [2.24, 2.45) is 0 Å². The summed E-state index contributed by atoms with van der Waals surface area (Å²) in [6, 6.07) is 0. The third-order valence-corrected chi connectivity index (χ3v) is 5.19. The summed E-state index contributed by atoms with van der Waals surface area (Å²) in [5.41, 5.74) is 0. The highest BCUT2D eigenvalue weighted by Crippen LogP contribution is 2.19. The van der Waals surface area contributed by atoms with E-state index in [1.807, 2.05) is 0 Å². The van der Waals surface area contributed by atoms with Gasteiger partial charge in [-0.15, -0.1) is 0 Å². The summed E-state index contributed by atoms with van der Waals surface area (Å²) >= 11 is 0. The largest absolute Gasteiger partial charge is 0.479 e. The lowest BCUT2D eigenvalue weighted by Crippen LogP contribution is -2.36. The van der Waals surface area contributed by atoms with Crippen LogP contribution >= 0.6 is 0 Å². The molecule has 2 N–H and O–H groups in total. The van der Waals surface area contributed by atoms with E-state index in [2.05, 4.69) is 4.72 Å². The standard InChI is InChI=1S/C9H17NO7S2/c1-18(13,14)4-5-19(15,16)10-6-7-2-3-8(17-7)9(11)12/h7-8,10H,2-6H2,1H3,(H,11,12). The zero-order valence-electron chi connectivity index (χ0n) is 10.4. The van der Waals surface area contributed by atoms with Gasteiger partial charge < -0.3 is 9.84 Å². The number of sulfonamides is 1. The maximum absolute atomic E-state index is 11.5. The van der Waals surface area contributed by atoms with Crippen LogP contribution in [0.1, 0.15) is 12.8 Å². The number of hydrogen-bond acceptors (Lipinski definition) is 6. The van der Waals surface area contributed by atoms with E-state index in [0.29, 0.717) is 12.8 Å². The van der Waals surface area contributed by atoms with Crippen molar-refractivity contribution in [1.29, 1.82) is 0 Å². The molecule has 0 aromatic heterocycles. The normalized spacial score (nSPS) is 24.5. The van der Waals surface area contributed by atoms with Crippen LogP contribution in [0.2, 0.25) is 0 Å². The first-order valence-corrected chi connectivity index (χ1v) is 9.34. The van der Waals surface area contributed by atoms with Crippen LogP contribution in [-0.2, 0) is 29.4 Å². The molecule has 10 heteroatoms. The van der Waals surface area contributed by atoms with E-state index in [9.17, 15) is 21.6 Å². The van der Waals surface area contributed by atoms with Crippen molar-refractivity contribution in [3.8, 4) is 0 Å². The maximum atomic E-state index is 11.5. The molecule has 0 aromatic rings. The number of ether oxygens (including phenoxy) is 1. The van der Waals surface area contributed by atoms with Gasteiger partial charge in [0.25, 0.3) is 0 Å². The van der Waals surface area contributed by atoms with Gasteiger partial charge in [-0.3, -0.25) is 0 Å². The van der Waals surface area contributed by atoms with Crippen molar-refractivity contribution in [1.82, 2.24) is 4.72 Å². The highest BCUT2D eigenvalue weighted by Gasteiger charge is 2.31. The summed E-state index contributed by atoms with van der Waals surface area (Å²) in [4.78, 5) is 10.6. The molecule has 112 valence electrons. The molecule has 8 nitrogen and oxygen atoms in total. The van der Waals surface area contributed by atoms with E-state index < -0.39 is 49.5 Å². The minimum absolute atomic E-state index is 0.0458. The van der Waals surface area contributed by atoms with Crippen LogP contribution in [0.5, 0.6) is 0 Å². The first-order valence-electron chi connectivity index (χ1n) is 5.62. The van der Waals surface area contributed by atoms with E-state index in [4.69, 9.17) is 9.84 Å². The fourth-order valence-corrected chi connectivity index (χ4v) is 4.26. The van der Waals surface area contributed by atoms with Gasteiger partial charge in [0.15, 0.2) is 6.10 Å². The van der Waals surface area contributed by atoms with Gasteiger partial charge in [-0.1, -0.05) is 0 Å². The summed E-state index contributed by atoms with van der Waals surface area (Å²) < 4.78 is 52.1. The van der Waals surface area contributed by atoms with Gasteiger partial charge in [0.1, 0.15) is 9.84 Å². The van der Waals surface area contributed by atoms with Gasteiger partial charge in [-0.2, -0.15) is 0 Å². The van der Waals surface area contributed by atoms with Gasteiger partial charge >= 0.3 is 5.97 Å². The summed E-state index contributed by atoms with van der Waals surface area (Å²) in [6.07, 6.45) is 0.357. The summed E-state index contributed by atoms with van der Waals surface area (Å²) in [7, 11) is -7.04. The predicted molar refractivity (Wildman–Crippen MR) is 67.0 cm³/mol. The molecule has 0 aromatic carbocycles. The van der Waals surface area contributed by atoms with Gasteiger partial charge in [0.05, 0.1) is 17.6 Å². The lowest BCUT2D eigenvalue weighted by Gasteiger charge is -2.12. The second kappa shape index (κ2) is 6.16. The van der Waals surface area contributed by atoms with Gasteiger partial charge in [0.2, 0.25) is 10.0 Å². The average Bonchev–Trinajstić information content (AvgIpc) is 2.72. The number of carboxylic acids is 1. The Balaban J connectivity index is 2.38. The molecule has 0 radical (unpaired) electrons. The monoisotopic (exact) mass is 315 g/mol. The van der Waals surface area contributed by atoms with Crippen molar-refractivity contribution in [3.05, 3.63) is 0 Å². The summed E-state index contributed by atoms with van der Waals surface area (Å²) in [5, 5.41) is 8.70. The molecule has 0 bridgehead atoms. The van der Waals surface area contributed by atoms with Crippen molar-refractivity contribution >= 4 is 25.8 Å². The van der Waals surface area contributed by atoms with Crippen molar-refractivity contribution in [3.63, 3.8) is 0 Å². The van der Waals surface area contributed by atoms with Gasteiger partial charge in [-0.05, 0) is 12.8 Å². The molecule has 1 aliphatic rings. The number of nitrogens with one attached hydrogen (secondary N) is 1. The first-order chi connectivity index (χ1) is 8.59. The van der Waals surface area contributed by atoms with Crippen LogP contribution in [0, 0.1) is 0 Å². The topological polar surface area (TPSA) is 127 Å². The van der Waals surface area contributed by atoms with Gasteiger partial charge in [-0.25, -0.2) is 26.4 Å². The lowest BCUT2D eigenvalue weighted by atomic mass is 10.2. The van der Waals surface area contributed by atoms with Crippen LogP contribution in [-0.4, -0.2) is 64.4 Å². The first kappa shape index (κ1) is 16.3. The van der Waals surface area contributed by atoms with E-state index in [0.717, 1.165) is 6.26 Å². The number of carbonyl (C=O) groups is 1. The minimum Gasteiger partial charge on any atom is -0.479 e. The van der Waals surface area contributed by atoms with Crippen molar-refractivity contribution in [2.45, 2.75) is 25.0 Å². The third kappa shape index (κ3) is 6.32. The van der Waals surface area contributed by atoms with Crippen LogP contribution in [0.25, 0.3) is 0 Å². The van der Waals surface area contributed by atoms with Crippen LogP contribution in [0.3, 0.4) is 0 Å². The fourth-order valence-electron chi connectivity index (χ4n) is 1.59. The predicted octanol–water partition coefficient (Wildman–Crippen LogP) is -1.42. The third-order valence-electron chi connectivity index (χ3n) is 2.64. The Bertz CT molecular complexity index is 525. The molecule has 1 fully saturated rings. The summed E-state index contributed by atoms with van der Waals surface area (Å²) in [5.74, 6) is -2.03.